The van der Waals surface area contributed by atoms with Crippen LogP contribution in [-0.2, 0) is 13.0 Å². The second-order valence-electron chi connectivity index (χ2n) is 6.15. The Morgan fingerprint density at radius 3 is 2.15 bits per heavy atom. The van der Waals surface area contributed by atoms with Crippen LogP contribution in [0.3, 0.4) is 0 Å². The normalized spacial score (nSPS) is 23.2. The molecule has 1 N–H and O–H groups in total. The van der Waals surface area contributed by atoms with Gasteiger partial charge in [-0.15, -0.1) is 0 Å². The number of rotatable bonds is 6. The van der Waals surface area contributed by atoms with Gasteiger partial charge in [0.2, 0.25) is 0 Å². The Balaban J connectivity index is 1.81. The Bertz CT molecular complexity index is 377. The van der Waals surface area contributed by atoms with Gasteiger partial charge in [-0.1, -0.05) is 38.1 Å². The molecule has 1 fully saturated rings. The second kappa shape index (κ2) is 7.80. The van der Waals surface area contributed by atoms with Gasteiger partial charge in [0.25, 0.3) is 0 Å². The molecule has 1 aliphatic carbocycles. The first-order valence-corrected chi connectivity index (χ1v) is 8.24. The molecule has 0 amide bonds. The molecule has 0 heterocycles. The summed E-state index contributed by atoms with van der Waals surface area (Å²) in [6, 6.07) is 10.6. The molecule has 2 heteroatoms. The minimum absolute atomic E-state index is 0.758. The monoisotopic (exact) mass is 274 g/mol. The van der Waals surface area contributed by atoms with Gasteiger partial charge < -0.3 is 5.32 Å². The molecule has 0 spiro atoms. The summed E-state index contributed by atoms with van der Waals surface area (Å²) in [5.41, 5.74) is 2.88. The van der Waals surface area contributed by atoms with Gasteiger partial charge >= 0.3 is 0 Å². The molecular formula is C18H30N2. The van der Waals surface area contributed by atoms with Crippen molar-refractivity contribution in [3.63, 3.8) is 0 Å². The molecule has 1 aliphatic rings. The maximum atomic E-state index is 3.59. The zero-order valence-corrected chi connectivity index (χ0v) is 13.4. The summed E-state index contributed by atoms with van der Waals surface area (Å²) in [5.74, 6) is 0. The minimum Gasteiger partial charge on any atom is -0.314 e. The van der Waals surface area contributed by atoms with Gasteiger partial charge in [-0.25, -0.2) is 0 Å². The van der Waals surface area contributed by atoms with E-state index in [1.54, 1.807) is 0 Å². The third-order valence-electron chi connectivity index (χ3n) is 4.68. The third-order valence-corrected chi connectivity index (χ3v) is 4.68. The maximum Gasteiger partial charge on any atom is 0.0233 e. The average molecular weight is 274 g/mol. The first-order valence-electron chi connectivity index (χ1n) is 8.24. The van der Waals surface area contributed by atoms with Gasteiger partial charge in [0.05, 0.1) is 0 Å². The van der Waals surface area contributed by atoms with Crippen molar-refractivity contribution in [2.24, 2.45) is 0 Å². The van der Waals surface area contributed by atoms with Crippen LogP contribution in [0.25, 0.3) is 0 Å². The molecule has 1 aromatic carbocycles. The van der Waals surface area contributed by atoms with E-state index in [1.165, 1.54) is 36.8 Å². The highest BCUT2D eigenvalue weighted by Crippen LogP contribution is 2.23. The lowest BCUT2D eigenvalue weighted by atomic mass is 9.90. The number of nitrogens with one attached hydrogen (secondary N) is 1. The molecule has 0 aromatic heterocycles. The van der Waals surface area contributed by atoms with Gasteiger partial charge in [-0.05, 0) is 56.8 Å². The standard InChI is InChI=1S/C18H30N2/c1-4-15-6-8-16(9-7-15)14-20(3)18-12-10-17(11-13-18)19-5-2/h6-9,17-19H,4-5,10-14H2,1-3H3. The highest BCUT2D eigenvalue weighted by molar-refractivity contribution is 5.22. The van der Waals surface area contributed by atoms with Gasteiger partial charge in [-0.3, -0.25) is 4.90 Å². The van der Waals surface area contributed by atoms with Gasteiger partial charge in [0.15, 0.2) is 0 Å². The molecule has 0 aliphatic heterocycles. The van der Waals surface area contributed by atoms with Crippen LogP contribution in [0, 0.1) is 0 Å². The molecule has 2 nitrogen and oxygen atoms in total. The number of benzene rings is 1. The van der Waals surface area contributed by atoms with E-state index in [9.17, 15) is 0 Å². The first-order chi connectivity index (χ1) is 9.72. The number of nitrogens with zero attached hydrogens (tertiary/aromatic N) is 1. The van der Waals surface area contributed by atoms with E-state index < -0.39 is 0 Å². The fourth-order valence-electron chi connectivity index (χ4n) is 3.31. The highest BCUT2D eigenvalue weighted by Gasteiger charge is 2.23. The summed E-state index contributed by atoms with van der Waals surface area (Å²) >= 11 is 0. The van der Waals surface area contributed by atoms with Crippen molar-refractivity contribution in [2.45, 2.75) is 64.6 Å². The van der Waals surface area contributed by atoms with Crippen LogP contribution in [0.2, 0.25) is 0 Å². The molecule has 0 atom stereocenters. The molecule has 112 valence electrons. The predicted octanol–water partition coefficient (Wildman–Crippen LogP) is 3.60. The maximum absolute atomic E-state index is 3.59. The molecule has 0 saturated heterocycles. The van der Waals surface area contributed by atoms with Crippen molar-refractivity contribution < 1.29 is 0 Å². The van der Waals surface area contributed by atoms with E-state index in [-0.39, 0.29) is 0 Å². The lowest BCUT2D eigenvalue weighted by Crippen LogP contribution is -2.40. The third kappa shape index (κ3) is 4.32. The Kier molecular flexibility index (Phi) is 6.06. The number of hydrogen-bond acceptors (Lipinski definition) is 2. The predicted molar refractivity (Wildman–Crippen MR) is 87.0 cm³/mol. The summed E-state index contributed by atoms with van der Waals surface area (Å²) < 4.78 is 0. The van der Waals surface area contributed by atoms with Crippen LogP contribution in [0.1, 0.15) is 50.7 Å². The molecule has 0 radical (unpaired) electrons. The van der Waals surface area contributed by atoms with Gasteiger partial charge in [0, 0.05) is 18.6 Å². The van der Waals surface area contributed by atoms with Crippen LogP contribution < -0.4 is 5.32 Å². The summed E-state index contributed by atoms with van der Waals surface area (Å²) in [4.78, 5) is 2.54. The summed E-state index contributed by atoms with van der Waals surface area (Å²) in [6.45, 7) is 6.61. The zero-order chi connectivity index (χ0) is 14.4. The average Bonchev–Trinajstić information content (AvgIpc) is 2.49. The van der Waals surface area contributed by atoms with Crippen molar-refractivity contribution in [1.29, 1.82) is 0 Å². The number of hydrogen-bond donors (Lipinski definition) is 1. The van der Waals surface area contributed by atoms with E-state index in [1.807, 2.05) is 0 Å². The number of aryl methyl sites for hydroxylation is 1. The van der Waals surface area contributed by atoms with Crippen molar-refractivity contribution in [1.82, 2.24) is 10.2 Å². The summed E-state index contributed by atoms with van der Waals surface area (Å²) in [6.07, 6.45) is 6.46. The SMILES string of the molecule is CCNC1CCC(N(C)Cc2ccc(CC)cc2)CC1. The zero-order valence-electron chi connectivity index (χ0n) is 13.4. The van der Waals surface area contributed by atoms with E-state index in [2.05, 4.69) is 55.4 Å². The van der Waals surface area contributed by atoms with E-state index in [4.69, 9.17) is 0 Å². The fourth-order valence-corrected chi connectivity index (χ4v) is 3.31. The van der Waals surface area contributed by atoms with Crippen LogP contribution >= 0.6 is 0 Å². The quantitative estimate of drug-likeness (QED) is 0.852. The van der Waals surface area contributed by atoms with Crippen LogP contribution in [0.5, 0.6) is 0 Å². The molecular weight excluding hydrogens is 244 g/mol. The second-order valence-corrected chi connectivity index (χ2v) is 6.15. The Labute approximate surface area is 124 Å². The molecule has 20 heavy (non-hydrogen) atoms. The summed E-state index contributed by atoms with van der Waals surface area (Å²) in [7, 11) is 2.28. The molecule has 2 rings (SSSR count). The Hall–Kier alpha value is -0.860. The topological polar surface area (TPSA) is 15.3 Å². The first kappa shape index (κ1) is 15.5. The van der Waals surface area contributed by atoms with E-state index in [0.29, 0.717) is 0 Å². The highest BCUT2D eigenvalue weighted by atomic mass is 15.1. The Morgan fingerprint density at radius 2 is 1.60 bits per heavy atom. The van der Waals surface area contributed by atoms with Gasteiger partial charge in [-0.2, -0.15) is 0 Å². The van der Waals surface area contributed by atoms with E-state index >= 15 is 0 Å². The van der Waals surface area contributed by atoms with Gasteiger partial charge in [0.1, 0.15) is 0 Å². The van der Waals surface area contributed by atoms with Crippen molar-refractivity contribution in [3.8, 4) is 0 Å². The van der Waals surface area contributed by atoms with Crippen LogP contribution in [-0.4, -0.2) is 30.6 Å². The van der Waals surface area contributed by atoms with Crippen molar-refractivity contribution in [2.75, 3.05) is 13.6 Å². The molecule has 0 unspecified atom stereocenters. The Morgan fingerprint density at radius 1 is 1.00 bits per heavy atom. The molecule has 0 bridgehead atoms. The largest absolute Gasteiger partial charge is 0.314 e. The molecule has 1 saturated carbocycles. The molecule has 1 aromatic rings. The lowest BCUT2D eigenvalue weighted by molar-refractivity contribution is 0.168. The minimum atomic E-state index is 0.758. The van der Waals surface area contributed by atoms with E-state index in [0.717, 1.165) is 31.6 Å². The van der Waals surface area contributed by atoms with Crippen LogP contribution in [0.15, 0.2) is 24.3 Å². The van der Waals surface area contributed by atoms with Crippen LogP contribution in [0.4, 0.5) is 0 Å². The smallest absolute Gasteiger partial charge is 0.0233 e. The summed E-state index contributed by atoms with van der Waals surface area (Å²) in [5, 5.41) is 3.59. The van der Waals surface area contributed by atoms with Crippen molar-refractivity contribution in [3.05, 3.63) is 35.4 Å². The fraction of sp³-hybridized carbons (Fsp3) is 0.667. The van der Waals surface area contributed by atoms with Crippen molar-refractivity contribution >= 4 is 0 Å². The lowest BCUT2D eigenvalue weighted by Gasteiger charge is -2.35.